The number of carbonyl (C=O) groups excluding carboxylic acids is 11. The SMILES string of the molecule is CC(=O)[C@@H](N)CSC1CC(=O)N(CCC(=O)CCCCCC(CC(=O)CCN2C(=O)CC(SC[C@H](N)C(C)=O)C2=O)C(=O)CCCCCCCNC(=O)CCSSCCC(=O)NCCOCCOCCn2cc(C)nn2)C1=O. The van der Waals surface area contributed by atoms with Gasteiger partial charge in [0.15, 0.2) is 0 Å². The number of Topliss-reactive ketones (excluding diaryl/α,β-unsaturated/α-hetero) is 5. The van der Waals surface area contributed by atoms with E-state index in [9.17, 15) is 52.7 Å². The molecule has 1 aromatic rings. The van der Waals surface area contributed by atoms with E-state index in [1.54, 1.807) is 26.3 Å². The number of thioether (sulfide) groups is 2. The predicted octanol–water partition coefficient (Wildman–Crippen LogP) is 3.35. The molecule has 6 amide bonds. The number of nitrogens with one attached hydrogen (secondary N) is 2. The first-order chi connectivity index (χ1) is 37.4. The second-order valence-electron chi connectivity index (χ2n) is 19.5. The maximum absolute atomic E-state index is 13.6. The summed E-state index contributed by atoms with van der Waals surface area (Å²) in [4.78, 5) is 140. The van der Waals surface area contributed by atoms with E-state index < -0.39 is 40.3 Å². The van der Waals surface area contributed by atoms with Gasteiger partial charge in [0.2, 0.25) is 35.4 Å². The van der Waals surface area contributed by atoms with Gasteiger partial charge in [-0.15, -0.1) is 28.6 Å². The highest BCUT2D eigenvalue weighted by Crippen LogP contribution is 2.28. The molecule has 1 aromatic heterocycles. The predicted molar refractivity (Wildman–Crippen MR) is 302 cm³/mol. The molecule has 22 nitrogen and oxygen atoms in total. The van der Waals surface area contributed by atoms with Gasteiger partial charge < -0.3 is 31.6 Å². The van der Waals surface area contributed by atoms with E-state index in [0.717, 1.165) is 52.9 Å². The standard InChI is InChI=1S/C52H83N9O13S4/c1-36-33-59(58-57-36)23-25-74-27-26-73-24-20-56-48(68)18-29-78-77-28-17-47(67)55-19-11-6-4-5-10-14-44(66)39(30-41(65)16-22-61-50(70)32-46(52(61)72)76-35-43(54)38(3)63)12-8-7-9-13-40(64)15-21-60-49(69)31-45(51(60)71)75-34-42(53)37(2)62/h33,39,42-43,45-46H,4-32,34-35,53-54H2,1-3H3,(H,55,67)(H,56,68)/t39?,42-,43-,45?,46?/m0/s1. The minimum Gasteiger partial charge on any atom is -0.377 e. The molecule has 26 heteroatoms. The largest absolute Gasteiger partial charge is 0.377 e. The second-order valence-corrected chi connectivity index (χ2v) is 24.7. The lowest BCUT2D eigenvalue weighted by Gasteiger charge is -2.18. The van der Waals surface area contributed by atoms with E-state index in [2.05, 4.69) is 20.9 Å². The van der Waals surface area contributed by atoms with Crippen LogP contribution >= 0.6 is 45.1 Å². The van der Waals surface area contributed by atoms with Gasteiger partial charge in [-0.1, -0.05) is 58.9 Å². The van der Waals surface area contributed by atoms with Crippen molar-refractivity contribution in [2.24, 2.45) is 17.4 Å². The Kier molecular flexibility index (Phi) is 34.4. The van der Waals surface area contributed by atoms with Crippen molar-refractivity contribution in [3.05, 3.63) is 11.9 Å². The third-order valence-electron chi connectivity index (χ3n) is 13.0. The Bertz CT molecular complexity index is 2140. The molecule has 5 atom stereocenters. The van der Waals surface area contributed by atoms with Crippen molar-refractivity contribution in [3.8, 4) is 0 Å². The number of hydrogen-bond donors (Lipinski definition) is 4. The van der Waals surface area contributed by atoms with Crippen LogP contribution in [0.25, 0.3) is 0 Å². The lowest BCUT2D eigenvalue weighted by Crippen LogP contribution is -2.35. The van der Waals surface area contributed by atoms with Gasteiger partial charge in [-0.2, -0.15) is 0 Å². The topological polar surface area (TPSA) is 320 Å². The molecule has 0 aliphatic carbocycles. The highest BCUT2D eigenvalue weighted by atomic mass is 33.1. The third-order valence-corrected chi connectivity index (χ3v) is 18.0. The van der Waals surface area contributed by atoms with Crippen LogP contribution in [-0.4, -0.2) is 187 Å². The van der Waals surface area contributed by atoms with Crippen LogP contribution in [-0.2, 0) is 68.8 Å². The van der Waals surface area contributed by atoms with Crippen LogP contribution in [0.2, 0.25) is 0 Å². The maximum Gasteiger partial charge on any atom is 0.242 e. The third kappa shape index (κ3) is 28.4. The fourth-order valence-corrected chi connectivity index (χ4v) is 12.5. The van der Waals surface area contributed by atoms with E-state index in [1.807, 2.05) is 13.1 Å². The minimum atomic E-state index is -0.748. The molecule has 2 fully saturated rings. The summed E-state index contributed by atoms with van der Waals surface area (Å²) in [7, 11) is 3.11. The molecular formula is C52H83N9O13S4. The maximum atomic E-state index is 13.6. The Morgan fingerprint density at radius 2 is 1.14 bits per heavy atom. The Hall–Kier alpha value is -4.05. The summed E-state index contributed by atoms with van der Waals surface area (Å²) >= 11 is 2.32. The number of ketones is 5. The van der Waals surface area contributed by atoms with Crippen LogP contribution in [0.15, 0.2) is 6.20 Å². The molecule has 2 aliphatic heterocycles. The number of likely N-dealkylation sites (tertiary alicyclic amines) is 2. The fourth-order valence-electron chi connectivity index (χ4n) is 8.15. The van der Waals surface area contributed by atoms with Crippen molar-refractivity contribution in [2.75, 3.05) is 75.6 Å². The summed E-state index contributed by atoms with van der Waals surface area (Å²) < 4.78 is 12.7. The van der Waals surface area contributed by atoms with E-state index >= 15 is 0 Å². The number of aryl methyl sites for hydroxylation is 1. The van der Waals surface area contributed by atoms with Crippen LogP contribution in [0.5, 0.6) is 0 Å². The molecule has 3 heterocycles. The van der Waals surface area contributed by atoms with Crippen LogP contribution < -0.4 is 22.1 Å². The highest BCUT2D eigenvalue weighted by Gasteiger charge is 2.40. The van der Waals surface area contributed by atoms with Gasteiger partial charge in [0.25, 0.3) is 0 Å². The Morgan fingerprint density at radius 1 is 0.628 bits per heavy atom. The average Bonchev–Trinajstić information content (AvgIpc) is 4.04. The quantitative estimate of drug-likeness (QED) is 0.0413. The van der Waals surface area contributed by atoms with Gasteiger partial charge in [0.05, 0.1) is 61.2 Å². The van der Waals surface area contributed by atoms with Gasteiger partial charge in [0.1, 0.15) is 28.9 Å². The smallest absolute Gasteiger partial charge is 0.242 e. The van der Waals surface area contributed by atoms with E-state index in [4.69, 9.17) is 20.9 Å². The summed E-state index contributed by atoms with van der Waals surface area (Å²) in [5.74, 6) is -1.36. The first-order valence-corrected chi connectivity index (χ1v) is 31.7. The fraction of sp³-hybridized carbons (Fsp3) is 0.750. The number of carbonyl (C=O) groups is 11. The Balaban J connectivity index is 1.28. The van der Waals surface area contributed by atoms with Crippen molar-refractivity contribution < 1.29 is 62.2 Å². The number of unbranched alkanes of at least 4 members (excludes halogenated alkanes) is 6. The molecule has 6 N–H and O–H groups in total. The molecule has 2 saturated heterocycles. The normalized spacial score (nSPS) is 16.7. The van der Waals surface area contributed by atoms with Gasteiger partial charge in [-0.25, -0.2) is 4.68 Å². The van der Waals surface area contributed by atoms with Crippen LogP contribution in [0.4, 0.5) is 0 Å². The van der Waals surface area contributed by atoms with Crippen LogP contribution in [0, 0.1) is 12.8 Å². The lowest BCUT2D eigenvalue weighted by atomic mass is 9.88. The summed E-state index contributed by atoms with van der Waals surface area (Å²) in [5, 5.41) is 12.4. The van der Waals surface area contributed by atoms with Gasteiger partial charge in [-0.3, -0.25) is 62.5 Å². The zero-order valence-electron chi connectivity index (χ0n) is 45.7. The first-order valence-electron chi connectivity index (χ1n) is 27.2. The van der Waals surface area contributed by atoms with Crippen molar-refractivity contribution in [1.29, 1.82) is 0 Å². The molecule has 3 rings (SSSR count). The molecule has 2 aliphatic rings. The summed E-state index contributed by atoms with van der Waals surface area (Å²) in [6, 6.07) is -1.47. The molecule has 438 valence electrons. The molecule has 0 radical (unpaired) electrons. The molecule has 0 bridgehead atoms. The van der Waals surface area contributed by atoms with Gasteiger partial charge >= 0.3 is 0 Å². The molecular weight excluding hydrogens is 1090 g/mol. The van der Waals surface area contributed by atoms with Crippen molar-refractivity contribution in [3.63, 3.8) is 0 Å². The zero-order chi connectivity index (χ0) is 57.2. The van der Waals surface area contributed by atoms with Crippen LogP contribution in [0.1, 0.15) is 135 Å². The summed E-state index contributed by atoms with van der Waals surface area (Å²) in [6.07, 6.45) is 9.05. The van der Waals surface area contributed by atoms with Gasteiger partial charge in [-0.05, 0) is 46.5 Å². The molecule has 0 aromatic carbocycles. The molecule has 0 saturated carbocycles. The van der Waals surface area contributed by atoms with Crippen molar-refractivity contribution in [1.82, 2.24) is 35.4 Å². The average molecular weight is 1170 g/mol. The van der Waals surface area contributed by atoms with Crippen LogP contribution in [0.3, 0.4) is 0 Å². The minimum absolute atomic E-state index is 0.00229. The van der Waals surface area contributed by atoms with Crippen molar-refractivity contribution >= 4 is 109 Å². The zero-order valence-corrected chi connectivity index (χ0v) is 49.0. The number of nitrogens with zero attached hydrogens (tertiary/aromatic N) is 5. The molecule has 3 unspecified atom stereocenters. The lowest BCUT2D eigenvalue weighted by molar-refractivity contribution is -0.140. The first kappa shape index (κ1) is 68.2. The summed E-state index contributed by atoms with van der Waals surface area (Å²) in [5.41, 5.74) is 12.4. The molecule has 78 heavy (non-hydrogen) atoms. The number of hydrogen-bond acceptors (Lipinski definition) is 21. The second kappa shape index (κ2) is 39.4. The number of amides is 6. The molecule has 0 spiro atoms. The Labute approximate surface area is 475 Å². The number of aromatic nitrogens is 3. The monoisotopic (exact) mass is 1170 g/mol. The van der Waals surface area contributed by atoms with E-state index in [-0.39, 0.29) is 122 Å². The van der Waals surface area contributed by atoms with E-state index in [1.165, 1.54) is 25.6 Å². The summed E-state index contributed by atoms with van der Waals surface area (Å²) in [6.45, 7) is 7.86. The Morgan fingerprint density at radius 3 is 1.71 bits per heavy atom. The number of nitrogens with two attached hydrogens (primary N) is 2. The van der Waals surface area contributed by atoms with E-state index in [0.29, 0.717) is 103 Å². The van der Waals surface area contributed by atoms with Gasteiger partial charge in [0, 0.05) is 119 Å². The number of imide groups is 2. The highest BCUT2D eigenvalue weighted by molar-refractivity contribution is 8.76. The number of ether oxygens (including phenoxy) is 2. The van der Waals surface area contributed by atoms with Crippen molar-refractivity contribution in [2.45, 2.75) is 165 Å². The number of rotatable bonds is 47.